The number of fused-ring (bicyclic) bond motifs is 1. The second-order valence-electron chi connectivity index (χ2n) is 7.83. The molecule has 0 radical (unpaired) electrons. The van der Waals surface area contributed by atoms with Gasteiger partial charge in [0, 0.05) is 17.0 Å². The van der Waals surface area contributed by atoms with E-state index in [0.29, 0.717) is 36.3 Å². The van der Waals surface area contributed by atoms with Gasteiger partial charge in [0.15, 0.2) is 11.6 Å². The molecule has 0 aliphatic carbocycles. The highest BCUT2D eigenvalue weighted by molar-refractivity contribution is 5.88. The number of ether oxygens (including phenoxy) is 2. The summed E-state index contributed by atoms with van der Waals surface area (Å²) in [7, 11) is 0. The Kier molecular flexibility index (Phi) is 7.48. The van der Waals surface area contributed by atoms with E-state index in [-0.39, 0.29) is 17.9 Å². The van der Waals surface area contributed by atoms with Crippen LogP contribution < -0.4 is 9.47 Å². The normalized spacial score (nSPS) is 11.3. The lowest BCUT2D eigenvalue weighted by atomic mass is 10.1. The van der Waals surface area contributed by atoms with E-state index in [1.54, 1.807) is 12.1 Å². The van der Waals surface area contributed by atoms with E-state index >= 15 is 0 Å². The summed E-state index contributed by atoms with van der Waals surface area (Å²) in [6, 6.07) is 17.8. The lowest BCUT2D eigenvalue weighted by Gasteiger charge is -2.15. The molecule has 3 aromatic carbocycles. The summed E-state index contributed by atoms with van der Waals surface area (Å²) in [6.45, 7) is 2.53. The molecule has 174 valence electrons. The average Bonchev–Trinajstić information content (AvgIpc) is 2.83. The molecule has 0 aliphatic rings. The monoisotopic (exact) mass is 463 g/mol. The molecule has 4 rings (SSSR count). The van der Waals surface area contributed by atoms with Crippen molar-refractivity contribution in [3.8, 4) is 11.5 Å². The molecular formula is C28H24F3NO2. The molecule has 0 unspecified atom stereocenters. The second-order valence-corrected chi connectivity index (χ2v) is 7.83. The fourth-order valence-corrected chi connectivity index (χ4v) is 3.58. The average molecular weight is 463 g/mol. The van der Waals surface area contributed by atoms with E-state index in [1.807, 2.05) is 49.4 Å². The Labute approximate surface area is 196 Å². The maximum atomic E-state index is 14.5. The minimum atomic E-state index is -0.725. The second kappa shape index (κ2) is 10.9. The summed E-state index contributed by atoms with van der Waals surface area (Å²) < 4.78 is 52.6. The van der Waals surface area contributed by atoms with Crippen molar-refractivity contribution >= 4 is 17.0 Å². The van der Waals surface area contributed by atoms with E-state index in [1.165, 1.54) is 12.1 Å². The van der Waals surface area contributed by atoms with Gasteiger partial charge in [-0.15, -0.1) is 0 Å². The smallest absolute Gasteiger partial charge is 0.167 e. The molecule has 0 saturated heterocycles. The molecule has 0 spiro atoms. The van der Waals surface area contributed by atoms with Gasteiger partial charge in [-0.05, 0) is 55.7 Å². The Morgan fingerprint density at radius 2 is 1.71 bits per heavy atom. The first-order chi connectivity index (χ1) is 16.5. The molecule has 0 fully saturated rings. The van der Waals surface area contributed by atoms with Crippen LogP contribution in [0.1, 0.15) is 29.7 Å². The zero-order valence-electron chi connectivity index (χ0n) is 18.7. The van der Waals surface area contributed by atoms with Gasteiger partial charge < -0.3 is 9.47 Å². The first-order valence-electron chi connectivity index (χ1n) is 11.0. The van der Waals surface area contributed by atoms with Gasteiger partial charge in [0.25, 0.3) is 0 Å². The zero-order chi connectivity index (χ0) is 23.9. The molecule has 0 amide bonds. The van der Waals surface area contributed by atoms with Gasteiger partial charge in [0.05, 0.1) is 12.3 Å². The van der Waals surface area contributed by atoms with Crippen molar-refractivity contribution in [2.75, 3.05) is 6.61 Å². The van der Waals surface area contributed by atoms with Gasteiger partial charge >= 0.3 is 0 Å². The molecule has 0 atom stereocenters. The lowest BCUT2D eigenvalue weighted by Crippen LogP contribution is -2.02. The third-order valence-corrected chi connectivity index (χ3v) is 5.36. The third kappa shape index (κ3) is 5.57. The predicted octanol–water partition coefficient (Wildman–Crippen LogP) is 7.41. The fraction of sp³-hybridized carbons (Fsp3) is 0.179. The van der Waals surface area contributed by atoms with Crippen LogP contribution in [-0.4, -0.2) is 11.6 Å². The standard InChI is InChI=1S/C28H24F3NO2/c1-19-25(13-6-3-7-16-33-26-15-14-21(29)17-24(26)31)32-27-22(11-8-12-23(27)30)28(19)34-18-20-9-4-2-5-10-20/h2,4-6,8-15,17H,3,7,16,18H2,1H3/b13-6+. The van der Waals surface area contributed by atoms with Crippen molar-refractivity contribution in [3.05, 3.63) is 107 Å². The van der Waals surface area contributed by atoms with Crippen LogP contribution in [-0.2, 0) is 6.61 Å². The molecule has 0 N–H and O–H groups in total. The molecule has 4 aromatic rings. The van der Waals surface area contributed by atoms with Gasteiger partial charge in [0.2, 0.25) is 0 Å². The summed E-state index contributed by atoms with van der Waals surface area (Å²) in [4.78, 5) is 4.52. The van der Waals surface area contributed by atoms with E-state index in [0.717, 1.165) is 23.3 Å². The van der Waals surface area contributed by atoms with Crippen LogP contribution in [0.15, 0.2) is 72.8 Å². The first-order valence-corrected chi connectivity index (χ1v) is 11.0. The van der Waals surface area contributed by atoms with Gasteiger partial charge in [0.1, 0.15) is 29.5 Å². The number of nitrogens with zero attached hydrogens (tertiary/aromatic N) is 1. The lowest BCUT2D eigenvalue weighted by molar-refractivity contribution is 0.295. The number of rotatable bonds is 9. The Bertz CT molecular complexity index is 1310. The molecular weight excluding hydrogens is 439 g/mol. The molecule has 3 nitrogen and oxygen atoms in total. The molecule has 34 heavy (non-hydrogen) atoms. The summed E-state index contributed by atoms with van der Waals surface area (Å²) in [6.07, 6.45) is 4.99. The largest absolute Gasteiger partial charge is 0.491 e. The fourth-order valence-electron chi connectivity index (χ4n) is 3.58. The number of benzene rings is 3. The van der Waals surface area contributed by atoms with E-state index < -0.39 is 17.5 Å². The Balaban J connectivity index is 1.46. The van der Waals surface area contributed by atoms with Crippen molar-refractivity contribution in [1.82, 2.24) is 4.98 Å². The topological polar surface area (TPSA) is 31.4 Å². The number of allylic oxidation sites excluding steroid dienone is 1. The summed E-state index contributed by atoms with van der Waals surface area (Å²) in [5.74, 6) is -1.16. The molecule has 6 heteroatoms. The van der Waals surface area contributed by atoms with Crippen molar-refractivity contribution in [2.45, 2.75) is 26.4 Å². The molecule has 1 aromatic heterocycles. The van der Waals surface area contributed by atoms with Crippen LogP contribution in [0.3, 0.4) is 0 Å². The number of para-hydroxylation sites is 1. The minimum Gasteiger partial charge on any atom is -0.491 e. The summed E-state index contributed by atoms with van der Waals surface area (Å²) >= 11 is 0. The highest BCUT2D eigenvalue weighted by Crippen LogP contribution is 2.33. The predicted molar refractivity (Wildman–Crippen MR) is 127 cm³/mol. The minimum absolute atomic E-state index is 0.0214. The SMILES string of the molecule is Cc1c(/C=C/CCCOc2ccc(F)cc2F)nc2c(F)cccc2c1OCc1ccccc1. The number of unbranched alkanes of at least 4 members (excludes halogenated alkanes) is 1. The summed E-state index contributed by atoms with van der Waals surface area (Å²) in [5.41, 5.74) is 2.70. The van der Waals surface area contributed by atoms with Crippen LogP contribution in [0.25, 0.3) is 17.0 Å². The quantitative estimate of drug-likeness (QED) is 0.242. The number of aromatic nitrogens is 1. The van der Waals surface area contributed by atoms with E-state index in [9.17, 15) is 13.2 Å². The summed E-state index contributed by atoms with van der Waals surface area (Å²) in [5, 5.41) is 0.625. The number of halogens is 3. The highest BCUT2D eigenvalue weighted by atomic mass is 19.1. The van der Waals surface area contributed by atoms with Gasteiger partial charge in [-0.3, -0.25) is 0 Å². The molecule has 0 bridgehead atoms. The van der Waals surface area contributed by atoms with Crippen molar-refractivity contribution in [1.29, 1.82) is 0 Å². The maximum Gasteiger partial charge on any atom is 0.167 e. The first kappa shape index (κ1) is 23.4. The van der Waals surface area contributed by atoms with E-state index in [2.05, 4.69) is 4.98 Å². The van der Waals surface area contributed by atoms with Crippen LogP contribution in [0, 0.1) is 24.4 Å². The van der Waals surface area contributed by atoms with Crippen LogP contribution in [0.2, 0.25) is 0 Å². The maximum absolute atomic E-state index is 14.5. The molecule has 0 saturated carbocycles. The molecule has 0 aliphatic heterocycles. The number of hydrogen-bond acceptors (Lipinski definition) is 3. The van der Waals surface area contributed by atoms with Crippen LogP contribution in [0.4, 0.5) is 13.2 Å². The van der Waals surface area contributed by atoms with Crippen molar-refractivity contribution < 1.29 is 22.6 Å². The zero-order valence-corrected chi connectivity index (χ0v) is 18.7. The van der Waals surface area contributed by atoms with Crippen LogP contribution >= 0.6 is 0 Å². The van der Waals surface area contributed by atoms with Crippen molar-refractivity contribution in [3.63, 3.8) is 0 Å². The third-order valence-electron chi connectivity index (χ3n) is 5.36. The number of pyridine rings is 1. The van der Waals surface area contributed by atoms with Gasteiger partial charge in [-0.1, -0.05) is 42.5 Å². The molecule has 1 heterocycles. The number of hydrogen-bond donors (Lipinski definition) is 0. The van der Waals surface area contributed by atoms with Gasteiger partial charge in [-0.25, -0.2) is 18.2 Å². The van der Waals surface area contributed by atoms with Gasteiger partial charge in [-0.2, -0.15) is 0 Å². The Morgan fingerprint density at radius 1 is 0.882 bits per heavy atom. The van der Waals surface area contributed by atoms with Crippen molar-refractivity contribution in [2.24, 2.45) is 0 Å². The van der Waals surface area contributed by atoms with E-state index in [4.69, 9.17) is 9.47 Å². The van der Waals surface area contributed by atoms with Crippen LogP contribution in [0.5, 0.6) is 11.5 Å². The highest BCUT2D eigenvalue weighted by Gasteiger charge is 2.14. The Hall–Kier alpha value is -3.80. The Morgan fingerprint density at radius 3 is 2.50 bits per heavy atom.